The predicted octanol–water partition coefficient (Wildman–Crippen LogP) is 1.49. The van der Waals surface area contributed by atoms with Crippen LogP contribution in [0.15, 0.2) is 17.6 Å². The van der Waals surface area contributed by atoms with Gasteiger partial charge in [0.25, 0.3) is 0 Å². The first-order valence-electron chi connectivity index (χ1n) is 4.08. The second-order valence-electron chi connectivity index (χ2n) is 3.11. The zero-order valence-electron chi connectivity index (χ0n) is 7.45. The summed E-state index contributed by atoms with van der Waals surface area (Å²) in [5.41, 5.74) is 5.87. The lowest BCUT2D eigenvalue weighted by Crippen LogP contribution is -2.28. The first-order chi connectivity index (χ1) is 5.70. The van der Waals surface area contributed by atoms with Crippen LogP contribution in [0.25, 0.3) is 0 Å². The molecule has 0 saturated carbocycles. The summed E-state index contributed by atoms with van der Waals surface area (Å²) < 4.78 is 0. The molecule has 1 atom stereocenters. The number of rotatable bonds is 4. The standard InChI is InChI=1S/C8H15N3S/c1-6(2)7(9)5-12-8-10-3-4-11-8/h3-4,6-7H,5,9H2,1-2H3,(H,10,11). The molecule has 0 bridgehead atoms. The molecule has 0 aromatic carbocycles. The minimum atomic E-state index is 0.250. The van der Waals surface area contributed by atoms with Crippen LogP contribution in [0.5, 0.6) is 0 Å². The Kier molecular flexibility index (Phi) is 3.62. The number of H-pyrrole nitrogens is 1. The average molecular weight is 185 g/mol. The van der Waals surface area contributed by atoms with Gasteiger partial charge in [0.05, 0.1) is 0 Å². The molecular formula is C8H15N3S. The summed E-state index contributed by atoms with van der Waals surface area (Å²) in [6, 6.07) is 0.250. The number of aromatic amines is 1. The van der Waals surface area contributed by atoms with Gasteiger partial charge in [-0.2, -0.15) is 0 Å². The van der Waals surface area contributed by atoms with Gasteiger partial charge in [0, 0.05) is 24.2 Å². The number of nitrogens with two attached hydrogens (primary N) is 1. The van der Waals surface area contributed by atoms with Gasteiger partial charge in [-0.3, -0.25) is 0 Å². The van der Waals surface area contributed by atoms with E-state index in [0.29, 0.717) is 5.92 Å². The number of hydrogen-bond acceptors (Lipinski definition) is 3. The van der Waals surface area contributed by atoms with Crippen molar-refractivity contribution in [2.75, 3.05) is 5.75 Å². The van der Waals surface area contributed by atoms with E-state index in [4.69, 9.17) is 5.73 Å². The van der Waals surface area contributed by atoms with Gasteiger partial charge < -0.3 is 10.7 Å². The van der Waals surface area contributed by atoms with Gasteiger partial charge in [-0.15, -0.1) is 0 Å². The maximum absolute atomic E-state index is 5.87. The zero-order valence-corrected chi connectivity index (χ0v) is 8.27. The molecule has 1 aromatic rings. The molecule has 12 heavy (non-hydrogen) atoms. The van der Waals surface area contributed by atoms with Crippen LogP contribution in [0.4, 0.5) is 0 Å². The molecule has 1 unspecified atom stereocenters. The molecule has 0 aliphatic heterocycles. The van der Waals surface area contributed by atoms with Gasteiger partial charge in [-0.1, -0.05) is 25.6 Å². The number of hydrogen-bond donors (Lipinski definition) is 2. The van der Waals surface area contributed by atoms with Crippen molar-refractivity contribution < 1.29 is 0 Å². The van der Waals surface area contributed by atoms with Crippen molar-refractivity contribution >= 4 is 11.8 Å². The van der Waals surface area contributed by atoms with E-state index < -0.39 is 0 Å². The van der Waals surface area contributed by atoms with Crippen molar-refractivity contribution in [2.24, 2.45) is 11.7 Å². The molecule has 0 aliphatic rings. The highest BCUT2D eigenvalue weighted by atomic mass is 32.2. The summed E-state index contributed by atoms with van der Waals surface area (Å²) in [5.74, 6) is 1.46. The lowest BCUT2D eigenvalue weighted by Gasteiger charge is -2.13. The van der Waals surface area contributed by atoms with Crippen molar-refractivity contribution in [2.45, 2.75) is 25.0 Å². The SMILES string of the molecule is CC(C)C(N)CSc1ncc[nH]1. The number of aromatic nitrogens is 2. The molecule has 0 amide bonds. The minimum Gasteiger partial charge on any atom is -0.340 e. The zero-order chi connectivity index (χ0) is 8.97. The maximum Gasteiger partial charge on any atom is 0.165 e. The van der Waals surface area contributed by atoms with Crippen LogP contribution < -0.4 is 5.73 Å². The van der Waals surface area contributed by atoms with Gasteiger partial charge in [0.15, 0.2) is 5.16 Å². The fraction of sp³-hybridized carbons (Fsp3) is 0.625. The average Bonchev–Trinajstić information content (AvgIpc) is 2.51. The van der Waals surface area contributed by atoms with Crippen molar-refractivity contribution in [3.63, 3.8) is 0 Å². The Morgan fingerprint density at radius 3 is 2.92 bits per heavy atom. The Labute approximate surface area is 77.1 Å². The third-order valence-electron chi connectivity index (χ3n) is 1.74. The van der Waals surface area contributed by atoms with E-state index in [2.05, 4.69) is 23.8 Å². The number of thioether (sulfide) groups is 1. The monoisotopic (exact) mass is 185 g/mol. The highest BCUT2D eigenvalue weighted by molar-refractivity contribution is 7.99. The Balaban J connectivity index is 2.27. The van der Waals surface area contributed by atoms with Crippen molar-refractivity contribution in [1.82, 2.24) is 9.97 Å². The summed E-state index contributed by atoms with van der Waals surface area (Å²) >= 11 is 1.67. The second-order valence-corrected chi connectivity index (χ2v) is 4.12. The second kappa shape index (κ2) is 4.52. The number of nitrogens with zero attached hydrogens (tertiary/aromatic N) is 1. The summed E-state index contributed by atoms with van der Waals surface area (Å²) in [5, 5.41) is 0.950. The Hall–Kier alpha value is -0.480. The molecule has 0 saturated heterocycles. The van der Waals surface area contributed by atoms with Gasteiger partial charge in [-0.05, 0) is 5.92 Å². The Morgan fingerprint density at radius 1 is 1.67 bits per heavy atom. The van der Waals surface area contributed by atoms with Gasteiger partial charge >= 0.3 is 0 Å². The third kappa shape index (κ3) is 2.87. The molecule has 0 radical (unpaired) electrons. The molecule has 68 valence electrons. The smallest absolute Gasteiger partial charge is 0.165 e. The first kappa shape index (κ1) is 9.61. The molecule has 0 spiro atoms. The van der Waals surface area contributed by atoms with E-state index in [1.165, 1.54) is 0 Å². The van der Waals surface area contributed by atoms with Crippen LogP contribution in [0.2, 0.25) is 0 Å². The molecule has 3 N–H and O–H groups in total. The van der Waals surface area contributed by atoms with E-state index in [-0.39, 0.29) is 6.04 Å². The summed E-state index contributed by atoms with van der Waals surface area (Å²) in [6.07, 6.45) is 3.58. The summed E-state index contributed by atoms with van der Waals surface area (Å²) in [4.78, 5) is 7.13. The lowest BCUT2D eigenvalue weighted by atomic mass is 10.1. The fourth-order valence-electron chi connectivity index (χ4n) is 0.697. The van der Waals surface area contributed by atoms with Crippen molar-refractivity contribution in [3.8, 4) is 0 Å². The molecule has 3 nitrogen and oxygen atoms in total. The van der Waals surface area contributed by atoms with Crippen LogP contribution >= 0.6 is 11.8 Å². The maximum atomic E-state index is 5.87. The summed E-state index contributed by atoms with van der Waals surface area (Å²) in [6.45, 7) is 4.26. The third-order valence-corrected chi connectivity index (χ3v) is 2.79. The minimum absolute atomic E-state index is 0.250. The lowest BCUT2D eigenvalue weighted by molar-refractivity contribution is 0.535. The largest absolute Gasteiger partial charge is 0.340 e. The molecule has 1 rings (SSSR count). The van der Waals surface area contributed by atoms with Crippen molar-refractivity contribution in [1.29, 1.82) is 0 Å². The fourth-order valence-corrected chi connectivity index (χ4v) is 1.72. The van der Waals surface area contributed by atoms with E-state index in [1.54, 1.807) is 18.0 Å². The van der Waals surface area contributed by atoms with Crippen LogP contribution in [-0.2, 0) is 0 Å². The molecule has 0 fully saturated rings. The molecule has 0 aliphatic carbocycles. The normalized spacial score (nSPS) is 13.7. The van der Waals surface area contributed by atoms with Crippen LogP contribution in [0.1, 0.15) is 13.8 Å². The molecule has 1 aromatic heterocycles. The van der Waals surface area contributed by atoms with E-state index in [9.17, 15) is 0 Å². The number of nitrogens with one attached hydrogen (secondary N) is 1. The van der Waals surface area contributed by atoms with Crippen molar-refractivity contribution in [3.05, 3.63) is 12.4 Å². The first-order valence-corrected chi connectivity index (χ1v) is 5.06. The number of imidazole rings is 1. The van der Waals surface area contributed by atoms with Gasteiger partial charge in [0.2, 0.25) is 0 Å². The topological polar surface area (TPSA) is 54.7 Å². The van der Waals surface area contributed by atoms with Gasteiger partial charge in [0.1, 0.15) is 0 Å². The van der Waals surface area contributed by atoms with Crippen LogP contribution in [0, 0.1) is 5.92 Å². The van der Waals surface area contributed by atoms with Gasteiger partial charge in [-0.25, -0.2) is 4.98 Å². The quantitative estimate of drug-likeness (QED) is 0.699. The highest BCUT2D eigenvalue weighted by Crippen LogP contribution is 2.14. The van der Waals surface area contributed by atoms with E-state index in [0.717, 1.165) is 10.9 Å². The molecule has 1 heterocycles. The van der Waals surface area contributed by atoms with E-state index >= 15 is 0 Å². The van der Waals surface area contributed by atoms with Crippen LogP contribution in [0.3, 0.4) is 0 Å². The highest BCUT2D eigenvalue weighted by Gasteiger charge is 2.08. The van der Waals surface area contributed by atoms with E-state index in [1.807, 2.05) is 6.20 Å². The Bertz CT molecular complexity index is 208. The summed E-state index contributed by atoms with van der Waals surface area (Å²) in [7, 11) is 0. The molecule has 4 heteroatoms. The Morgan fingerprint density at radius 2 is 2.42 bits per heavy atom. The molecular weight excluding hydrogens is 170 g/mol. The van der Waals surface area contributed by atoms with Crippen LogP contribution in [-0.4, -0.2) is 21.8 Å². The predicted molar refractivity (Wildman–Crippen MR) is 52.1 cm³/mol.